The van der Waals surface area contributed by atoms with Crippen molar-refractivity contribution in [2.45, 2.75) is 20.3 Å². The summed E-state index contributed by atoms with van der Waals surface area (Å²) in [5, 5.41) is 9.25. The van der Waals surface area contributed by atoms with Crippen LogP contribution in [0, 0.1) is 0 Å². The number of anilines is 2. The molecule has 0 unspecified atom stereocenters. The molecule has 3 aromatic rings. The average Bonchev–Trinajstić information content (AvgIpc) is 3.17. The normalized spacial score (nSPS) is 10.4. The van der Waals surface area contributed by atoms with E-state index in [1.807, 2.05) is 6.92 Å². The molecule has 0 aliphatic carbocycles. The maximum absolute atomic E-state index is 12.0. The topological polar surface area (TPSA) is 106 Å². The Morgan fingerprint density at radius 2 is 1.64 bits per heavy atom. The van der Waals surface area contributed by atoms with Crippen LogP contribution in [0.3, 0.4) is 0 Å². The molecule has 2 aromatic carbocycles. The van der Waals surface area contributed by atoms with Gasteiger partial charge in [-0.3, -0.25) is 9.59 Å². The third-order valence-electron chi connectivity index (χ3n) is 3.74. The van der Waals surface area contributed by atoms with Crippen LogP contribution in [0.15, 0.2) is 53.1 Å². The third kappa shape index (κ3) is 5.16. The average molecular weight is 380 g/mol. The molecule has 0 fully saturated rings. The molecular weight excluding hydrogens is 360 g/mol. The molecule has 8 nitrogen and oxygen atoms in total. The lowest BCUT2D eigenvalue weighted by molar-refractivity contribution is -0.118. The molecule has 28 heavy (non-hydrogen) atoms. The smallest absolute Gasteiger partial charge is 0.262 e. The number of hydrogen-bond donors (Lipinski definition) is 2. The van der Waals surface area contributed by atoms with Crippen molar-refractivity contribution in [2.24, 2.45) is 0 Å². The Labute approximate surface area is 161 Å². The van der Waals surface area contributed by atoms with Gasteiger partial charge >= 0.3 is 0 Å². The number of ether oxygens (including phenoxy) is 1. The Morgan fingerprint density at radius 3 is 2.21 bits per heavy atom. The molecule has 0 atom stereocenters. The molecule has 2 amide bonds. The number of benzene rings is 2. The first kappa shape index (κ1) is 19.1. The van der Waals surface area contributed by atoms with Crippen molar-refractivity contribution in [3.63, 3.8) is 0 Å². The molecule has 3 rings (SSSR count). The van der Waals surface area contributed by atoms with Gasteiger partial charge in [0.2, 0.25) is 5.91 Å². The fourth-order valence-corrected chi connectivity index (χ4v) is 2.39. The van der Waals surface area contributed by atoms with Gasteiger partial charge in [-0.2, -0.15) is 4.98 Å². The van der Waals surface area contributed by atoms with Gasteiger partial charge in [0, 0.05) is 30.3 Å². The number of rotatable bonds is 7. The number of aromatic nitrogens is 2. The quantitative estimate of drug-likeness (QED) is 0.651. The second kappa shape index (κ2) is 8.81. The highest BCUT2D eigenvalue weighted by atomic mass is 16.5. The maximum Gasteiger partial charge on any atom is 0.262 e. The van der Waals surface area contributed by atoms with Gasteiger partial charge in [0.15, 0.2) is 12.4 Å². The van der Waals surface area contributed by atoms with E-state index < -0.39 is 0 Å². The Bertz CT molecular complexity index is 949. The summed E-state index contributed by atoms with van der Waals surface area (Å²) in [6, 6.07) is 13.9. The minimum Gasteiger partial charge on any atom is -0.484 e. The van der Waals surface area contributed by atoms with Crippen LogP contribution in [0.2, 0.25) is 0 Å². The summed E-state index contributed by atoms with van der Waals surface area (Å²) >= 11 is 0. The fraction of sp³-hybridized carbons (Fsp3) is 0.200. The molecule has 0 saturated heterocycles. The summed E-state index contributed by atoms with van der Waals surface area (Å²) in [7, 11) is 0. The van der Waals surface area contributed by atoms with Gasteiger partial charge in [0.25, 0.3) is 11.8 Å². The SMILES string of the molecule is CCc1noc(-c2ccc(OCC(=O)Nc3ccc(NC(C)=O)cc3)cc2)n1. The standard InChI is InChI=1S/C20H20N4O4/c1-3-18-23-20(28-24-18)14-4-10-17(11-5-14)27-12-19(26)22-16-8-6-15(7-9-16)21-13(2)25/h4-11H,3,12H2,1-2H3,(H,21,25)(H,22,26). The van der Waals surface area contributed by atoms with Crippen LogP contribution < -0.4 is 15.4 Å². The number of nitrogens with one attached hydrogen (secondary N) is 2. The van der Waals surface area contributed by atoms with Gasteiger partial charge in [-0.1, -0.05) is 12.1 Å². The van der Waals surface area contributed by atoms with E-state index >= 15 is 0 Å². The lowest BCUT2D eigenvalue weighted by atomic mass is 10.2. The number of hydrogen-bond acceptors (Lipinski definition) is 6. The zero-order chi connectivity index (χ0) is 19.9. The van der Waals surface area contributed by atoms with Crippen LogP contribution in [0.5, 0.6) is 5.75 Å². The molecule has 0 aliphatic heterocycles. The molecule has 8 heteroatoms. The largest absolute Gasteiger partial charge is 0.484 e. The monoisotopic (exact) mass is 380 g/mol. The van der Waals surface area contributed by atoms with Crippen molar-refractivity contribution in [1.29, 1.82) is 0 Å². The van der Waals surface area contributed by atoms with E-state index in [0.29, 0.717) is 35.3 Å². The highest BCUT2D eigenvalue weighted by Gasteiger charge is 2.09. The summed E-state index contributed by atoms with van der Waals surface area (Å²) in [6.07, 6.45) is 0.704. The number of aryl methyl sites for hydroxylation is 1. The second-order valence-electron chi connectivity index (χ2n) is 5.99. The molecule has 0 aliphatic rings. The van der Waals surface area contributed by atoms with Gasteiger partial charge in [-0.25, -0.2) is 0 Å². The molecule has 1 aromatic heterocycles. The predicted octanol–water partition coefficient (Wildman–Crippen LogP) is 3.27. The molecule has 144 valence electrons. The van der Waals surface area contributed by atoms with Crippen LogP contribution in [0.4, 0.5) is 11.4 Å². The highest BCUT2D eigenvalue weighted by molar-refractivity contribution is 5.93. The highest BCUT2D eigenvalue weighted by Crippen LogP contribution is 2.21. The fourth-order valence-electron chi connectivity index (χ4n) is 2.39. The zero-order valence-corrected chi connectivity index (χ0v) is 15.6. The van der Waals surface area contributed by atoms with E-state index in [1.165, 1.54) is 6.92 Å². The van der Waals surface area contributed by atoms with Crippen LogP contribution in [-0.2, 0) is 16.0 Å². The first-order valence-corrected chi connectivity index (χ1v) is 8.77. The molecular formula is C20H20N4O4. The summed E-state index contributed by atoms with van der Waals surface area (Å²) in [4.78, 5) is 27.3. The molecule has 0 saturated carbocycles. The van der Waals surface area contributed by atoms with E-state index in [1.54, 1.807) is 48.5 Å². The Morgan fingerprint density at radius 1 is 1.00 bits per heavy atom. The number of nitrogens with zero attached hydrogens (tertiary/aromatic N) is 2. The van der Waals surface area contributed by atoms with Crippen molar-refractivity contribution in [3.05, 3.63) is 54.4 Å². The number of carbonyl (C=O) groups is 2. The van der Waals surface area contributed by atoms with E-state index in [-0.39, 0.29) is 18.4 Å². The number of amides is 2. The lowest BCUT2D eigenvalue weighted by Gasteiger charge is -2.08. The van der Waals surface area contributed by atoms with E-state index in [9.17, 15) is 9.59 Å². The molecule has 1 heterocycles. The Hall–Kier alpha value is -3.68. The van der Waals surface area contributed by atoms with Crippen LogP contribution in [0.1, 0.15) is 19.7 Å². The Balaban J connectivity index is 1.50. The van der Waals surface area contributed by atoms with Gasteiger partial charge in [0.1, 0.15) is 5.75 Å². The first-order valence-electron chi connectivity index (χ1n) is 8.77. The van der Waals surface area contributed by atoms with Crippen molar-refractivity contribution >= 4 is 23.2 Å². The molecule has 0 radical (unpaired) electrons. The minimum absolute atomic E-state index is 0.132. The minimum atomic E-state index is -0.291. The second-order valence-corrected chi connectivity index (χ2v) is 5.99. The van der Waals surface area contributed by atoms with Gasteiger partial charge in [-0.05, 0) is 48.5 Å². The zero-order valence-electron chi connectivity index (χ0n) is 15.6. The maximum atomic E-state index is 12.0. The Kier molecular flexibility index (Phi) is 6.01. The summed E-state index contributed by atoms with van der Waals surface area (Å²) in [6.45, 7) is 3.26. The van der Waals surface area contributed by atoms with E-state index in [2.05, 4.69) is 20.8 Å². The molecule has 2 N–H and O–H groups in total. The third-order valence-corrected chi connectivity index (χ3v) is 3.74. The van der Waals surface area contributed by atoms with Crippen molar-refractivity contribution in [2.75, 3.05) is 17.2 Å². The summed E-state index contributed by atoms with van der Waals surface area (Å²) in [5.41, 5.74) is 2.05. The van der Waals surface area contributed by atoms with E-state index in [0.717, 1.165) is 5.56 Å². The van der Waals surface area contributed by atoms with Gasteiger partial charge < -0.3 is 19.9 Å². The van der Waals surface area contributed by atoms with Crippen molar-refractivity contribution in [3.8, 4) is 17.2 Å². The predicted molar refractivity (Wildman–Crippen MR) is 104 cm³/mol. The first-order chi connectivity index (χ1) is 13.5. The molecule has 0 bridgehead atoms. The van der Waals surface area contributed by atoms with Gasteiger partial charge in [0.05, 0.1) is 0 Å². The van der Waals surface area contributed by atoms with Crippen LogP contribution in [-0.4, -0.2) is 28.6 Å². The van der Waals surface area contributed by atoms with Gasteiger partial charge in [-0.15, -0.1) is 0 Å². The van der Waals surface area contributed by atoms with Crippen molar-refractivity contribution < 1.29 is 18.8 Å². The van der Waals surface area contributed by atoms with E-state index in [4.69, 9.17) is 9.26 Å². The van der Waals surface area contributed by atoms with Crippen molar-refractivity contribution in [1.82, 2.24) is 10.1 Å². The number of carbonyl (C=O) groups excluding carboxylic acids is 2. The molecule has 0 spiro atoms. The van der Waals surface area contributed by atoms with Crippen LogP contribution >= 0.6 is 0 Å². The lowest BCUT2D eigenvalue weighted by Crippen LogP contribution is -2.20. The van der Waals surface area contributed by atoms with Crippen LogP contribution in [0.25, 0.3) is 11.5 Å². The summed E-state index contributed by atoms with van der Waals surface area (Å²) in [5.74, 6) is 1.21. The summed E-state index contributed by atoms with van der Waals surface area (Å²) < 4.78 is 10.7.